The molecule has 0 unspecified atom stereocenters. The molecule has 0 amide bonds. The van der Waals surface area contributed by atoms with Crippen LogP contribution in [-0.4, -0.2) is 22.8 Å². The zero-order chi connectivity index (χ0) is 12.4. The van der Waals surface area contributed by atoms with Gasteiger partial charge in [-0.25, -0.2) is 8.78 Å². The third-order valence-electron chi connectivity index (χ3n) is 3.04. The molecule has 1 saturated heterocycles. The maximum Gasteiger partial charge on any atom is 0.144 e. The highest BCUT2D eigenvalue weighted by Crippen LogP contribution is 2.25. The molecule has 0 atom stereocenters. The van der Waals surface area contributed by atoms with Gasteiger partial charge in [0, 0.05) is 16.9 Å². The van der Waals surface area contributed by atoms with Gasteiger partial charge in [0.25, 0.3) is 0 Å². The Balaban J connectivity index is 2.11. The SMILES string of the molecule is Fc1ccc(Br)c(F)c1CN1CCC(Br)CC1. The minimum Gasteiger partial charge on any atom is -0.299 e. The van der Waals surface area contributed by atoms with E-state index in [1.807, 2.05) is 0 Å². The number of benzene rings is 1. The van der Waals surface area contributed by atoms with Crippen molar-refractivity contribution in [2.45, 2.75) is 24.2 Å². The summed E-state index contributed by atoms with van der Waals surface area (Å²) >= 11 is 6.65. The summed E-state index contributed by atoms with van der Waals surface area (Å²) in [5, 5.41) is 0. The summed E-state index contributed by atoms with van der Waals surface area (Å²) in [6.07, 6.45) is 2.05. The quantitative estimate of drug-likeness (QED) is 0.561. The molecule has 2 rings (SSSR count). The molecule has 1 heterocycles. The van der Waals surface area contributed by atoms with Crippen molar-refractivity contribution in [3.63, 3.8) is 0 Å². The molecule has 1 fully saturated rings. The van der Waals surface area contributed by atoms with Crippen LogP contribution in [0.4, 0.5) is 8.78 Å². The zero-order valence-corrected chi connectivity index (χ0v) is 12.4. The lowest BCUT2D eigenvalue weighted by Gasteiger charge is -2.29. The molecule has 0 N–H and O–H groups in total. The van der Waals surface area contributed by atoms with Gasteiger partial charge < -0.3 is 0 Å². The Bertz CT molecular complexity index is 404. The Morgan fingerprint density at radius 2 is 1.88 bits per heavy atom. The molecule has 94 valence electrons. The van der Waals surface area contributed by atoms with Crippen LogP contribution < -0.4 is 0 Å². The second-order valence-corrected chi connectivity index (χ2v) is 6.42. The maximum atomic E-state index is 13.8. The molecule has 0 radical (unpaired) electrons. The Morgan fingerprint density at radius 3 is 2.53 bits per heavy atom. The van der Waals surface area contributed by atoms with E-state index >= 15 is 0 Å². The highest BCUT2D eigenvalue weighted by Gasteiger charge is 2.20. The predicted octanol–water partition coefficient (Wildman–Crippen LogP) is 4.09. The Hall–Kier alpha value is -0.000000000000000111. The third kappa shape index (κ3) is 3.26. The second-order valence-electron chi connectivity index (χ2n) is 4.27. The lowest BCUT2D eigenvalue weighted by molar-refractivity contribution is 0.220. The van der Waals surface area contributed by atoms with Crippen molar-refractivity contribution in [3.8, 4) is 0 Å². The van der Waals surface area contributed by atoms with E-state index in [0.717, 1.165) is 25.9 Å². The van der Waals surface area contributed by atoms with E-state index < -0.39 is 11.6 Å². The number of alkyl halides is 1. The largest absolute Gasteiger partial charge is 0.299 e. The number of piperidine rings is 1. The molecule has 0 spiro atoms. The molecule has 1 aliphatic rings. The molecule has 0 saturated carbocycles. The lowest BCUT2D eigenvalue weighted by Crippen LogP contribution is -2.33. The Labute approximate surface area is 116 Å². The van der Waals surface area contributed by atoms with E-state index in [4.69, 9.17) is 0 Å². The van der Waals surface area contributed by atoms with Gasteiger partial charge in [-0.15, -0.1) is 0 Å². The van der Waals surface area contributed by atoms with E-state index in [1.165, 1.54) is 12.1 Å². The zero-order valence-electron chi connectivity index (χ0n) is 9.23. The number of nitrogens with zero attached hydrogens (tertiary/aromatic N) is 1. The fourth-order valence-electron chi connectivity index (χ4n) is 2.00. The summed E-state index contributed by atoms with van der Waals surface area (Å²) in [7, 11) is 0. The fraction of sp³-hybridized carbons (Fsp3) is 0.500. The van der Waals surface area contributed by atoms with Crippen molar-refractivity contribution in [1.82, 2.24) is 4.90 Å². The summed E-state index contributed by atoms with van der Waals surface area (Å²) < 4.78 is 27.7. The van der Waals surface area contributed by atoms with Crippen LogP contribution in [-0.2, 0) is 6.54 Å². The van der Waals surface area contributed by atoms with Gasteiger partial charge in [-0.1, -0.05) is 15.9 Å². The lowest BCUT2D eigenvalue weighted by atomic mass is 10.1. The van der Waals surface area contributed by atoms with Gasteiger partial charge in [-0.2, -0.15) is 0 Å². The standard InChI is InChI=1S/C12H13Br2F2N/c13-8-3-5-17(6-4-8)7-9-11(15)2-1-10(14)12(9)16/h1-2,8H,3-7H2. The number of rotatable bonds is 2. The molecule has 17 heavy (non-hydrogen) atoms. The van der Waals surface area contributed by atoms with Crippen LogP contribution >= 0.6 is 31.9 Å². The fourth-order valence-corrected chi connectivity index (χ4v) is 2.78. The van der Waals surface area contributed by atoms with Crippen LogP contribution in [0.25, 0.3) is 0 Å². The summed E-state index contributed by atoms with van der Waals surface area (Å²) in [5.74, 6) is -0.947. The second kappa shape index (κ2) is 5.76. The highest BCUT2D eigenvalue weighted by molar-refractivity contribution is 9.10. The van der Waals surface area contributed by atoms with Crippen molar-refractivity contribution in [1.29, 1.82) is 0 Å². The highest BCUT2D eigenvalue weighted by atomic mass is 79.9. The van der Waals surface area contributed by atoms with Crippen LogP contribution in [0, 0.1) is 11.6 Å². The summed E-state index contributed by atoms with van der Waals surface area (Å²) in [6.45, 7) is 2.10. The van der Waals surface area contributed by atoms with Crippen LogP contribution in [0.3, 0.4) is 0 Å². The summed E-state index contributed by atoms with van der Waals surface area (Å²) in [5.41, 5.74) is 0.160. The number of halogens is 4. The molecule has 1 aliphatic heterocycles. The summed E-state index contributed by atoms with van der Waals surface area (Å²) in [4.78, 5) is 2.63. The van der Waals surface area contributed by atoms with Gasteiger partial charge in [0.05, 0.1) is 4.47 Å². The maximum absolute atomic E-state index is 13.8. The normalized spacial score (nSPS) is 18.6. The van der Waals surface area contributed by atoms with Crippen LogP contribution in [0.5, 0.6) is 0 Å². The van der Waals surface area contributed by atoms with Gasteiger partial charge >= 0.3 is 0 Å². The molecular formula is C12H13Br2F2N. The van der Waals surface area contributed by atoms with Crippen LogP contribution in [0.2, 0.25) is 0 Å². The molecule has 0 aromatic heterocycles. The topological polar surface area (TPSA) is 3.24 Å². The van der Waals surface area contributed by atoms with E-state index in [9.17, 15) is 8.78 Å². The van der Waals surface area contributed by atoms with Gasteiger partial charge in [0.1, 0.15) is 11.6 Å². The average Bonchev–Trinajstić information content (AvgIpc) is 2.32. The number of likely N-dealkylation sites (tertiary alicyclic amines) is 1. The van der Waals surface area contributed by atoms with E-state index in [0.29, 0.717) is 15.8 Å². The predicted molar refractivity (Wildman–Crippen MR) is 71.3 cm³/mol. The average molecular weight is 369 g/mol. The van der Waals surface area contributed by atoms with E-state index in [1.54, 1.807) is 0 Å². The monoisotopic (exact) mass is 367 g/mol. The van der Waals surface area contributed by atoms with Gasteiger partial charge in [0.2, 0.25) is 0 Å². The Morgan fingerprint density at radius 1 is 1.24 bits per heavy atom. The molecule has 1 nitrogen and oxygen atoms in total. The first-order valence-electron chi connectivity index (χ1n) is 5.56. The third-order valence-corrected chi connectivity index (χ3v) is 4.57. The molecule has 0 aliphatic carbocycles. The first-order valence-corrected chi connectivity index (χ1v) is 7.27. The van der Waals surface area contributed by atoms with E-state index in [-0.39, 0.29) is 5.56 Å². The van der Waals surface area contributed by atoms with Gasteiger partial charge in [-0.05, 0) is 54.0 Å². The molecule has 0 bridgehead atoms. The van der Waals surface area contributed by atoms with Crippen molar-refractivity contribution >= 4 is 31.9 Å². The van der Waals surface area contributed by atoms with Gasteiger partial charge in [-0.3, -0.25) is 4.90 Å². The summed E-state index contributed by atoms with van der Waals surface area (Å²) in [6, 6.07) is 2.71. The van der Waals surface area contributed by atoms with Crippen molar-refractivity contribution in [3.05, 3.63) is 33.8 Å². The van der Waals surface area contributed by atoms with Crippen molar-refractivity contribution in [2.75, 3.05) is 13.1 Å². The molecule has 5 heteroatoms. The molecular weight excluding hydrogens is 356 g/mol. The van der Waals surface area contributed by atoms with Crippen molar-refractivity contribution < 1.29 is 8.78 Å². The molecule has 1 aromatic carbocycles. The number of hydrogen-bond acceptors (Lipinski definition) is 1. The molecule has 1 aromatic rings. The van der Waals surface area contributed by atoms with Crippen LogP contribution in [0.15, 0.2) is 16.6 Å². The van der Waals surface area contributed by atoms with Gasteiger partial charge in [0.15, 0.2) is 0 Å². The number of hydrogen-bond donors (Lipinski definition) is 0. The first kappa shape index (κ1) is 13.4. The Kier molecular flexibility index (Phi) is 4.55. The minimum atomic E-state index is -0.481. The minimum absolute atomic E-state index is 0.160. The first-order chi connectivity index (χ1) is 8.08. The van der Waals surface area contributed by atoms with Crippen LogP contribution in [0.1, 0.15) is 18.4 Å². The van der Waals surface area contributed by atoms with E-state index in [2.05, 4.69) is 36.8 Å². The smallest absolute Gasteiger partial charge is 0.144 e. The van der Waals surface area contributed by atoms with Crippen molar-refractivity contribution in [2.24, 2.45) is 0 Å².